The lowest BCUT2D eigenvalue weighted by Crippen LogP contribution is -2.58. The first kappa shape index (κ1) is 23.4. The van der Waals surface area contributed by atoms with Crippen molar-refractivity contribution in [3.8, 4) is 0 Å². The molecule has 1 saturated heterocycles. The molecule has 5 nitrogen and oxygen atoms in total. The normalized spacial score (nSPS) is 21.3. The first-order valence-electron chi connectivity index (χ1n) is 11.7. The number of aryl methyl sites for hydroxylation is 1. The van der Waals surface area contributed by atoms with Crippen LogP contribution in [0.15, 0.2) is 24.3 Å². The van der Waals surface area contributed by atoms with Gasteiger partial charge in [0, 0.05) is 43.7 Å². The molecule has 30 heavy (non-hydrogen) atoms. The third-order valence-electron chi connectivity index (χ3n) is 6.99. The van der Waals surface area contributed by atoms with Crippen LogP contribution < -0.4 is 0 Å². The maximum Gasteiger partial charge on any atom is 0.214 e. The second-order valence-corrected chi connectivity index (χ2v) is 11.2. The molecular formula is C24H38N2O3S. The lowest BCUT2D eigenvalue weighted by molar-refractivity contribution is 0.0320. The number of piperazine rings is 1. The molecule has 3 rings (SSSR count). The molecule has 1 aliphatic heterocycles. The number of carbonyl (C=O) groups is 1. The minimum absolute atomic E-state index is 0.0392. The fraction of sp³-hybridized carbons (Fsp3) is 0.708. The molecule has 0 aromatic heterocycles. The van der Waals surface area contributed by atoms with E-state index < -0.39 is 10.0 Å². The Bertz CT molecular complexity index is 788. The summed E-state index contributed by atoms with van der Waals surface area (Å²) in [4.78, 5) is 15.4. The van der Waals surface area contributed by atoms with Crippen LogP contribution in [0, 0.1) is 6.92 Å². The quantitative estimate of drug-likeness (QED) is 0.449. The summed E-state index contributed by atoms with van der Waals surface area (Å²) in [5.74, 6) is 0.464. The minimum atomic E-state index is -3.13. The average Bonchev–Trinajstić information content (AvgIpc) is 2.99. The van der Waals surface area contributed by atoms with Gasteiger partial charge in [-0.1, -0.05) is 62.4 Å². The first-order valence-corrected chi connectivity index (χ1v) is 13.3. The largest absolute Gasteiger partial charge is 0.295 e. The maximum atomic E-state index is 12.9. The maximum absolute atomic E-state index is 12.9. The summed E-state index contributed by atoms with van der Waals surface area (Å²) < 4.78 is 26.6. The van der Waals surface area contributed by atoms with Crippen LogP contribution in [-0.4, -0.2) is 60.9 Å². The zero-order valence-corrected chi connectivity index (χ0v) is 19.6. The van der Waals surface area contributed by atoms with Crippen molar-refractivity contribution in [2.45, 2.75) is 77.2 Å². The Kier molecular flexibility index (Phi) is 8.11. The van der Waals surface area contributed by atoms with E-state index in [1.807, 2.05) is 38.1 Å². The number of carbonyl (C=O) groups excluding carboxylic acids is 1. The summed E-state index contributed by atoms with van der Waals surface area (Å²) in [6, 6.07) is 7.89. The van der Waals surface area contributed by atoms with E-state index in [4.69, 9.17) is 0 Å². The summed E-state index contributed by atoms with van der Waals surface area (Å²) in [6.45, 7) is 6.67. The van der Waals surface area contributed by atoms with E-state index in [0.717, 1.165) is 37.9 Å². The van der Waals surface area contributed by atoms with Crippen molar-refractivity contribution < 1.29 is 13.2 Å². The number of rotatable bonds is 8. The van der Waals surface area contributed by atoms with Gasteiger partial charge in [-0.15, -0.1) is 0 Å². The number of hydrogen-bond donors (Lipinski definition) is 0. The van der Waals surface area contributed by atoms with Crippen molar-refractivity contribution in [1.82, 2.24) is 9.21 Å². The zero-order valence-electron chi connectivity index (χ0n) is 18.7. The molecule has 1 aromatic carbocycles. The summed E-state index contributed by atoms with van der Waals surface area (Å²) in [5, 5.41) is 0. The molecule has 0 atom stereocenters. The fourth-order valence-corrected chi connectivity index (χ4v) is 6.66. The van der Waals surface area contributed by atoms with Gasteiger partial charge in [0.2, 0.25) is 10.0 Å². The summed E-state index contributed by atoms with van der Waals surface area (Å²) >= 11 is 0. The van der Waals surface area contributed by atoms with Crippen molar-refractivity contribution >= 4 is 15.8 Å². The summed E-state index contributed by atoms with van der Waals surface area (Å²) in [7, 11) is -3.13. The van der Waals surface area contributed by atoms with Gasteiger partial charge in [0.05, 0.1) is 5.75 Å². The van der Waals surface area contributed by atoms with Crippen LogP contribution in [0.3, 0.4) is 0 Å². The molecule has 6 heteroatoms. The zero-order chi connectivity index (χ0) is 21.6. The first-order chi connectivity index (χ1) is 14.4. The van der Waals surface area contributed by atoms with Crippen LogP contribution in [0.2, 0.25) is 0 Å². The molecule has 0 N–H and O–H groups in total. The lowest BCUT2D eigenvalue weighted by Gasteiger charge is -2.48. The Morgan fingerprint density at radius 3 is 2.13 bits per heavy atom. The molecule has 168 valence electrons. The molecule has 1 saturated carbocycles. The Morgan fingerprint density at radius 1 is 0.967 bits per heavy atom. The average molecular weight is 435 g/mol. The summed E-state index contributed by atoms with van der Waals surface area (Å²) in [6.07, 6.45) is 9.27. The van der Waals surface area contributed by atoms with Crippen molar-refractivity contribution in [2.24, 2.45) is 0 Å². The van der Waals surface area contributed by atoms with E-state index in [1.54, 1.807) is 4.31 Å². The number of benzene rings is 1. The van der Waals surface area contributed by atoms with Crippen molar-refractivity contribution in [3.05, 3.63) is 35.4 Å². The Balaban J connectivity index is 1.68. The molecule has 0 radical (unpaired) electrons. The number of ketones is 1. The van der Waals surface area contributed by atoms with Crippen LogP contribution in [-0.2, 0) is 10.0 Å². The van der Waals surface area contributed by atoms with E-state index in [9.17, 15) is 13.2 Å². The highest BCUT2D eigenvalue weighted by atomic mass is 32.2. The van der Waals surface area contributed by atoms with Crippen LogP contribution in [0.25, 0.3) is 0 Å². The van der Waals surface area contributed by atoms with Gasteiger partial charge in [0.25, 0.3) is 0 Å². The highest BCUT2D eigenvalue weighted by molar-refractivity contribution is 7.89. The van der Waals surface area contributed by atoms with Gasteiger partial charge in [0.15, 0.2) is 5.78 Å². The van der Waals surface area contributed by atoms with Crippen molar-refractivity contribution in [2.75, 3.05) is 31.9 Å². The van der Waals surface area contributed by atoms with Crippen LogP contribution in [0.5, 0.6) is 0 Å². The molecule has 2 fully saturated rings. The molecule has 2 aliphatic rings. The highest BCUT2D eigenvalue weighted by Crippen LogP contribution is 2.37. The highest BCUT2D eigenvalue weighted by Gasteiger charge is 2.40. The topological polar surface area (TPSA) is 57.7 Å². The van der Waals surface area contributed by atoms with Gasteiger partial charge in [-0.3, -0.25) is 9.69 Å². The molecule has 0 amide bonds. The van der Waals surface area contributed by atoms with E-state index >= 15 is 0 Å². The van der Waals surface area contributed by atoms with Crippen molar-refractivity contribution in [3.63, 3.8) is 0 Å². The van der Waals surface area contributed by atoms with E-state index in [2.05, 4.69) is 4.90 Å². The number of nitrogens with zero attached hydrogens (tertiary/aromatic N) is 2. The van der Waals surface area contributed by atoms with Gasteiger partial charge in [-0.2, -0.15) is 4.31 Å². The van der Waals surface area contributed by atoms with Gasteiger partial charge >= 0.3 is 0 Å². The number of Topliss-reactive ketones (excluding diaryl/α,β-unsaturated/α-hetero) is 1. The predicted molar refractivity (Wildman–Crippen MR) is 122 cm³/mol. The predicted octanol–water partition coefficient (Wildman–Crippen LogP) is 4.41. The SMILES string of the molecule is CCCS(=O)(=O)N1CCN(C2(CCC(=O)c3ccc(C)cc3)CCCCCC2)CC1. The molecule has 1 aliphatic carbocycles. The Hall–Kier alpha value is -1.24. The van der Waals surface area contributed by atoms with E-state index in [1.165, 1.54) is 31.2 Å². The molecule has 1 aromatic rings. The van der Waals surface area contributed by atoms with Gasteiger partial charge < -0.3 is 0 Å². The monoisotopic (exact) mass is 434 g/mol. The minimum Gasteiger partial charge on any atom is -0.295 e. The third kappa shape index (κ3) is 5.71. The third-order valence-corrected chi connectivity index (χ3v) is 9.07. The summed E-state index contributed by atoms with van der Waals surface area (Å²) in [5.41, 5.74) is 2.01. The molecule has 0 unspecified atom stereocenters. The van der Waals surface area contributed by atoms with Gasteiger partial charge in [-0.05, 0) is 32.6 Å². The van der Waals surface area contributed by atoms with E-state index in [0.29, 0.717) is 25.9 Å². The smallest absolute Gasteiger partial charge is 0.214 e. The molecule has 0 spiro atoms. The van der Waals surface area contributed by atoms with Gasteiger partial charge in [0.1, 0.15) is 0 Å². The lowest BCUT2D eigenvalue weighted by atomic mass is 9.82. The van der Waals surface area contributed by atoms with Gasteiger partial charge in [-0.25, -0.2) is 8.42 Å². The fourth-order valence-electron chi connectivity index (χ4n) is 5.17. The van der Waals surface area contributed by atoms with Crippen molar-refractivity contribution in [1.29, 1.82) is 0 Å². The molecule has 0 bridgehead atoms. The number of hydrogen-bond acceptors (Lipinski definition) is 4. The standard InChI is InChI=1S/C24H38N2O3S/c1-3-20-30(28,29)26-18-16-25(17-19-26)24(13-6-4-5-7-14-24)15-12-23(27)22-10-8-21(2)9-11-22/h8-11H,3-7,12-20H2,1-2H3. The number of sulfonamides is 1. The van der Waals surface area contributed by atoms with E-state index in [-0.39, 0.29) is 17.1 Å². The Morgan fingerprint density at radius 2 is 1.57 bits per heavy atom. The van der Waals surface area contributed by atoms with Crippen LogP contribution in [0.1, 0.15) is 80.6 Å². The van der Waals surface area contributed by atoms with Crippen LogP contribution >= 0.6 is 0 Å². The molecular weight excluding hydrogens is 396 g/mol. The van der Waals surface area contributed by atoms with Crippen LogP contribution in [0.4, 0.5) is 0 Å². The second kappa shape index (κ2) is 10.4. The molecule has 1 heterocycles. The second-order valence-electron chi connectivity index (χ2n) is 9.13. The Labute approximate surface area is 182 Å².